The van der Waals surface area contributed by atoms with Crippen LogP contribution < -0.4 is 15.4 Å². The highest BCUT2D eigenvalue weighted by Gasteiger charge is 2.17. The number of ether oxygens (including phenoxy) is 1. The lowest BCUT2D eigenvalue weighted by Crippen LogP contribution is -2.40. The summed E-state index contributed by atoms with van der Waals surface area (Å²) in [6.07, 6.45) is 2.03. The number of rotatable bonds is 3. The second kappa shape index (κ2) is 6.32. The molecule has 2 N–H and O–H groups in total. The number of nitrogens with zero attached hydrogens (tertiary/aromatic N) is 3. The van der Waals surface area contributed by atoms with Gasteiger partial charge >= 0.3 is 0 Å². The van der Waals surface area contributed by atoms with Crippen LogP contribution in [-0.2, 0) is 0 Å². The third-order valence-electron chi connectivity index (χ3n) is 4.20. The van der Waals surface area contributed by atoms with E-state index < -0.39 is 0 Å². The van der Waals surface area contributed by atoms with E-state index in [-0.39, 0.29) is 0 Å². The molecule has 2 heterocycles. The zero-order valence-electron chi connectivity index (χ0n) is 13.1. The molecule has 0 atom stereocenters. The number of hydrogen-bond acceptors (Lipinski definition) is 5. The Bertz CT molecular complexity index is 634. The standard InChI is InChI=1S/C17H22N4O/c1-12-11-13(3-5-16(12)22-2)15-4-6-17(20-19-15)21-9-7-14(18)8-10-21/h3-6,11,14H,7-10,18H2,1-2H3. The summed E-state index contributed by atoms with van der Waals surface area (Å²) in [5.74, 6) is 1.82. The molecule has 22 heavy (non-hydrogen) atoms. The SMILES string of the molecule is COc1ccc(-c2ccc(N3CCC(N)CC3)nn2)cc1C. The highest BCUT2D eigenvalue weighted by Crippen LogP contribution is 2.25. The molecule has 0 amide bonds. The highest BCUT2D eigenvalue weighted by molar-refractivity contribution is 5.62. The van der Waals surface area contributed by atoms with Gasteiger partial charge < -0.3 is 15.4 Å². The molecule has 1 aromatic carbocycles. The molecule has 1 aliphatic heterocycles. The van der Waals surface area contributed by atoms with Gasteiger partial charge in [0, 0.05) is 24.7 Å². The largest absolute Gasteiger partial charge is 0.496 e. The van der Waals surface area contributed by atoms with E-state index in [1.165, 1.54) is 0 Å². The lowest BCUT2D eigenvalue weighted by Gasteiger charge is -2.30. The van der Waals surface area contributed by atoms with Gasteiger partial charge in [-0.3, -0.25) is 0 Å². The molecule has 0 radical (unpaired) electrons. The first-order valence-electron chi connectivity index (χ1n) is 7.66. The number of aryl methyl sites for hydroxylation is 1. The summed E-state index contributed by atoms with van der Waals surface area (Å²) in [5.41, 5.74) is 8.97. The fourth-order valence-corrected chi connectivity index (χ4v) is 2.81. The van der Waals surface area contributed by atoms with Crippen molar-refractivity contribution in [3.8, 4) is 17.0 Å². The summed E-state index contributed by atoms with van der Waals surface area (Å²) in [7, 11) is 1.68. The van der Waals surface area contributed by atoms with Crippen molar-refractivity contribution in [2.24, 2.45) is 5.73 Å². The average Bonchev–Trinajstić information content (AvgIpc) is 2.56. The Labute approximate surface area is 131 Å². The van der Waals surface area contributed by atoms with Crippen LogP contribution in [0.25, 0.3) is 11.3 Å². The van der Waals surface area contributed by atoms with Crippen LogP contribution in [0.1, 0.15) is 18.4 Å². The molecule has 0 aliphatic carbocycles. The van der Waals surface area contributed by atoms with E-state index in [2.05, 4.69) is 21.2 Å². The molecular weight excluding hydrogens is 276 g/mol. The van der Waals surface area contributed by atoms with Gasteiger partial charge in [-0.2, -0.15) is 0 Å². The summed E-state index contributed by atoms with van der Waals surface area (Å²) in [6, 6.07) is 10.4. The van der Waals surface area contributed by atoms with E-state index >= 15 is 0 Å². The van der Waals surface area contributed by atoms with Crippen LogP contribution in [-0.4, -0.2) is 36.4 Å². The van der Waals surface area contributed by atoms with Crippen LogP contribution in [0.2, 0.25) is 0 Å². The van der Waals surface area contributed by atoms with Gasteiger partial charge in [-0.15, -0.1) is 10.2 Å². The van der Waals surface area contributed by atoms with Crippen LogP contribution in [0.4, 0.5) is 5.82 Å². The van der Waals surface area contributed by atoms with Crippen LogP contribution >= 0.6 is 0 Å². The minimum atomic E-state index is 0.325. The monoisotopic (exact) mass is 298 g/mol. The summed E-state index contributed by atoms with van der Waals surface area (Å²) >= 11 is 0. The van der Waals surface area contributed by atoms with Gasteiger partial charge in [-0.1, -0.05) is 0 Å². The van der Waals surface area contributed by atoms with Gasteiger partial charge in [-0.05, 0) is 55.7 Å². The van der Waals surface area contributed by atoms with Gasteiger partial charge in [0.1, 0.15) is 5.75 Å². The van der Waals surface area contributed by atoms with E-state index in [0.29, 0.717) is 6.04 Å². The Morgan fingerprint density at radius 1 is 1.14 bits per heavy atom. The molecule has 116 valence electrons. The molecule has 0 unspecified atom stereocenters. The first kappa shape index (κ1) is 14.8. The summed E-state index contributed by atoms with van der Waals surface area (Å²) in [4.78, 5) is 2.25. The normalized spacial score (nSPS) is 15.9. The number of nitrogens with two attached hydrogens (primary N) is 1. The van der Waals surface area contributed by atoms with Crippen molar-refractivity contribution in [1.29, 1.82) is 0 Å². The molecule has 1 saturated heterocycles. The zero-order chi connectivity index (χ0) is 15.5. The van der Waals surface area contributed by atoms with E-state index in [0.717, 1.165) is 54.3 Å². The van der Waals surface area contributed by atoms with Crippen molar-refractivity contribution in [3.05, 3.63) is 35.9 Å². The van der Waals surface area contributed by atoms with E-state index in [1.54, 1.807) is 7.11 Å². The summed E-state index contributed by atoms with van der Waals surface area (Å²) in [6.45, 7) is 3.94. The second-order valence-corrected chi connectivity index (χ2v) is 5.79. The topological polar surface area (TPSA) is 64.3 Å². The Morgan fingerprint density at radius 3 is 2.50 bits per heavy atom. The zero-order valence-corrected chi connectivity index (χ0v) is 13.1. The minimum Gasteiger partial charge on any atom is -0.496 e. The lowest BCUT2D eigenvalue weighted by atomic mass is 10.1. The average molecular weight is 298 g/mol. The first-order valence-corrected chi connectivity index (χ1v) is 7.66. The quantitative estimate of drug-likeness (QED) is 0.942. The Kier molecular flexibility index (Phi) is 4.24. The van der Waals surface area contributed by atoms with Crippen LogP contribution in [0.3, 0.4) is 0 Å². The Balaban J connectivity index is 1.78. The number of anilines is 1. The third-order valence-corrected chi connectivity index (χ3v) is 4.20. The van der Waals surface area contributed by atoms with Gasteiger partial charge in [0.2, 0.25) is 0 Å². The van der Waals surface area contributed by atoms with Gasteiger partial charge in [0.25, 0.3) is 0 Å². The molecule has 0 spiro atoms. The van der Waals surface area contributed by atoms with E-state index in [4.69, 9.17) is 10.5 Å². The van der Waals surface area contributed by atoms with Crippen molar-refractivity contribution in [2.75, 3.05) is 25.1 Å². The molecule has 1 fully saturated rings. The van der Waals surface area contributed by atoms with Crippen LogP contribution in [0, 0.1) is 6.92 Å². The molecule has 5 heteroatoms. The van der Waals surface area contributed by atoms with Crippen molar-refractivity contribution in [3.63, 3.8) is 0 Å². The predicted octanol–water partition coefficient (Wildman–Crippen LogP) is 2.39. The third kappa shape index (κ3) is 3.04. The van der Waals surface area contributed by atoms with Crippen molar-refractivity contribution in [2.45, 2.75) is 25.8 Å². The summed E-state index contributed by atoms with van der Waals surface area (Å²) in [5, 5.41) is 8.76. The molecule has 0 bridgehead atoms. The van der Waals surface area contributed by atoms with E-state index in [1.807, 2.05) is 31.2 Å². The van der Waals surface area contributed by atoms with Crippen molar-refractivity contribution < 1.29 is 4.74 Å². The number of hydrogen-bond donors (Lipinski definition) is 1. The molecule has 0 saturated carbocycles. The van der Waals surface area contributed by atoms with Crippen LogP contribution in [0.5, 0.6) is 5.75 Å². The van der Waals surface area contributed by atoms with Gasteiger partial charge in [0.15, 0.2) is 5.82 Å². The van der Waals surface area contributed by atoms with Gasteiger partial charge in [-0.25, -0.2) is 0 Å². The molecule has 3 rings (SSSR count). The summed E-state index contributed by atoms with van der Waals surface area (Å²) < 4.78 is 5.29. The molecule has 1 aliphatic rings. The molecule has 2 aromatic rings. The predicted molar refractivity (Wildman–Crippen MR) is 88.2 cm³/mol. The number of piperidine rings is 1. The Hall–Kier alpha value is -2.14. The minimum absolute atomic E-state index is 0.325. The fourth-order valence-electron chi connectivity index (χ4n) is 2.81. The van der Waals surface area contributed by atoms with Crippen molar-refractivity contribution in [1.82, 2.24) is 10.2 Å². The molecule has 5 nitrogen and oxygen atoms in total. The number of benzene rings is 1. The highest BCUT2D eigenvalue weighted by atomic mass is 16.5. The fraction of sp³-hybridized carbons (Fsp3) is 0.412. The maximum Gasteiger partial charge on any atom is 0.151 e. The number of aromatic nitrogens is 2. The van der Waals surface area contributed by atoms with Gasteiger partial charge in [0.05, 0.1) is 12.8 Å². The molecular formula is C17H22N4O. The maximum absolute atomic E-state index is 5.94. The Morgan fingerprint density at radius 2 is 1.91 bits per heavy atom. The number of methoxy groups -OCH3 is 1. The van der Waals surface area contributed by atoms with Crippen LogP contribution in [0.15, 0.2) is 30.3 Å². The van der Waals surface area contributed by atoms with E-state index in [9.17, 15) is 0 Å². The first-order chi connectivity index (χ1) is 10.7. The smallest absolute Gasteiger partial charge is 0.151 e. The molecule has 1 aromatic heterocycles. The maximum atomic E-state index is 5.94. The second-order valence-electron chi connectivity index (χ2n) is 5.79. The van der Waals surface area contributed by atoms with Crippen molar-refractivity contribution >= 4 is 5.82 Å². The lowest BCUT2D eigenvalue weighted by molar-refractivity contribution is 0.412.